The Kier molecular flexibility index (Phi) is 9.66. The Bertz CT molecular complexity index is 1880. The molecule has 0 spiro atoms. The van der Waals surface area contributed by atoms with Crippen LogP contribution in [-0.4, -0.2) is 55.2 Å². The van der Waals surface area contributed by atoms with Crippen LogP contribution in [0.1, 0.15) is 37.0 Å². The minimum atomic E-state index is -4.12. The zero-order valence-corrected chi connectivity index (χ0v) is 25.5. The van der Waals surface area contributed by atoms with Crippen molar-refractivity contribution in [2.45, 2.75) is 37.6 Å². The van der Waals surface area contributed by atoms with Crippen molar-refractivity contribution in [1.29, 1.82) is 0 Å². The summed E-state index contributed by atoms with van der Waals surface area (Å²) in [7, 11) is -4.12. The summed E-state index contributed by atoms with van der Waals surface area (Å²) in [6, 6.07) is 10.7. The van der Waals surface area contributed by atoms with Crippen molar-refractivity contribution >= 4 is 71.2 Å². The highest BCUT2D eigenvalue weighted by Gasteiger charge is 2.25. The summed E-state index contributed by atoms with van der Waals surface area (Å²) in [5, 5.41) is 3.75. The molecule has 43 heavy (non-hydrogen) atoms. The molecular weight excluding hydrogens is 646 g/mol. The van der Waals surface area contributed by atoms with Crippen molar-refractivity contribution in [3.63, 3.8) is 0 Å². The van der Waals surface area contributed by atoms with Crippen LogP contribution in [0.15, 0.2) is 69.0 Å². The molecule has 1 heterocycles. The molecule has 13 nitrogen and oxygen atoms in total. The molecule has 1 aromatic heterocycles. The average Bonchev–Trinajstić information content (AvgIpc) is 2.96. The van der Waals surface area contributed by atoms with E-state index in [4.69, 9.17) is 15.3 Å². The molecule has 0 aliphatic heterocycles. The van der Waals surface area contributed by atoms with Crippen LogP contribution in [0.5, 0.6) is 0 Å². The first-order valence-electron chi connectivity index (χ1n) is 13.1. The van der Waals surface area contributed by atoms with Crippen molar-refractivity contribution in [3.05, 3.63) is 75.2 Å². The smallest absolute Gasteiger partial charge is 0.328 e. The number of aromatic nitrogens is 2. The number of ether oxygens (including phenoxy) is 2. The maximum atomic E-state index is 13.3. The van der Waals surface area contributed by atoms with E-state index in [-0.39, 0.29) is 52.1 Å². The lowest BCUT2D eigenvalue weighted by molar-refractivity contribution is -0.146. The molecule has 0 fully saturated rings. The van der Waals surface area contributed by atoms with Crippen LogP contribution in [0.2, 0.25) is 0 Å². The van der Waals surface area contributed by atoms with Gasteiger partial charge in [0.1, 0.15) is 17.3 Å². The van der Waals surface area contributed by atoms with Crippen LogP contribution >= 0.6 is 15.9 Å². The lowest BCUT2D eigenvalue weighted by atomic mass is 10.1. The molecule has 0 bridgehead atoms. The highest BCUT2D eigenvalue weighted by Crippen LogP contribution is 2.32. The number of rotatable bonds is 11. The highest BCUT2D eigenvalue weighted by molar-refractivity contribution is 9.10. The Morgan fingerprint density at radius 2 is 1.74 bits per heavy atom. The molecule has 0 aliphatic carbocycles. The standard InChI is InChI=1S/C28H28BrN5O8S/c1-3-41-24(35)12-11-22(28(38)42-4-2)32-26(36)16-5-8-18(9-6-16)33-43(39,40)23-13-17-7-10-21-25(19(17)14-20(23)29)27(37)34(30)15-31-21/h5-10,13-15,22,33H,3-4,11-12,30H2,1-2H3,(H,32,36)/t22-/m0/s1. The normalized spacial score (nSPS) is 12.1. The van der Waals surface area contributed by atoms with E-state index in [1.807, 2.05) is 0 Å². The third-order valence-corrected chi connectivity index (χ3v) is 8.67. The van der Waals surface area contributed by atoms with Crippen LogP contribution in [0.4, 0.5) is 5.69 Å². The van der Waals surface area contributed by atoms with Gasteiger partial charge in [-0.1, -0.05) is 6.07 Å². The van der Waals surface area contributed by atoms with Gasteiger partial charge >= 0.3 is 11.9 Å². The van der Waals surface area contributed by atoms with Gasteiger partial charge in [0.25, 0.3) is 21.5 Å². The Labute approximate surface area is 254 Å². The zero-order chi connectivity index (χ0) is 31.3. The van der Waals surface area contributed by atoms with Gasteiger partial charge in [-0.2, -0.15) is 0 Å². The summed E-state index contributed by atoms with van der Waals surface area (Å²) < 4.78 is 40.0. The van der Waals surface area contributed by atoms with Gasteiger partial charge in [0.15, 0.2) is 0 Å². The Morgan fingerprint density at radius 3 is 2.42 bits per heavy atom. The number of benzene rings is 3. The van der Waals surface area contributed by atoms with Crippen molar-refractivity contribution in [1.82, 2.24) is 15.0 Å². The molecule has 4 aromatic rings. The minimum Gasteiger partial charge on any atom is -0.466 e. The molecule has 3 aromatic carbocycles. The molecule has 0 saturated heterocycles. The fourth-order valence-electron chi connectivity index (χ4n) is 4.29. The largest absolute Gasteiger partial charge is 0.466 e. The van der Waals surface area contributed by atoms with Gasteiger partial charge in [-0.05, 0) is 89.4 Å². The number of amides is 1. The quantitative estimate of drug-likeness (QED) is 0.121. The number of carbonyl (C=O) groups excluding carboxylic acids is 3. The fraction of sp³-hybridized carbons (Fsp3) is 0.250. The number of nitrogens with two attached hydrogens (primary N) is 1. The number of sulfonamides is 1. The molecule has 1 amide bonds. The number of halogens is 1. The summed E-state index contributed by atoms with van der Waals surface area (Å²) in [4.78, 5) is 53.6. The zero-order valence-electron chi connectivity index (χ0n) is 23.1. The maximum Gasteiger partial charge on any atom is 0.328 e. The number of nitrogen functional groups attached to an aromatic ring is 1. The predicted octanol–water partition coefficient (Wildman–Crippen LogP) is 2.83. The summed E-state index contributed by atoms with van der Waals surface area (Å²) in [6.07, 6.45) is 1.09. The molecule has 0 saturated carbocycles. The van der Waals surface area contributed by atoms with Crippen LogP contribution < -0.4 is 21.4 Å². The summed E-state index contributed by atoms with van der Waals surface area (Å²) in [5.41, 5.74) is 0.248. The number of nitrogens with one attached hydrogen (secondary N) is 2. The SMILES string of the molecule is CCOC(=O)CC[C@H](NC(=O)c1ccc(NS(=O)(=O)c2cc3ccc4ncn(N)c(=O)c4c3cc2Br)cc1)C(=O)OCC. The predicted molar refractivity (Wildman–Crippen MR) is 162 cm³/mol. The molecule has 4 N–H and O–H groups in total. The fourth-order valence-corrected chi connectivity index (χ4v) is 6.42. The number of hydrogen-bond acceptors (Lipinski definition) is 10. The van der Waals surface area contributed by atoms with E-state index in [9.17, 15) is 27.6 Å². The Balaban J connectivity index is 1.53. The summed E-state index contributed by atoms with van der Waals surface area (Å²) in [6.45, 7) is 3.56. The van der Waals surface area contributed by atoms with Gasteiger partial charge in [0.05, 0.1) is 24.1 Å². The summed E-state index contributed by atoms with van der Waals surface area (Å²) >= 11 is 3.30. The van der Waals surface area contributed by atoms with Crippen LogP contribution in [0, 0.1) is 0 Å². The summed E-state index contributed by atoms with van der Waals surface area (Å²) in [5.74, 6) is 3.86. The lowest BCUT2D eigenvalue weighted by Gasteiger charge is -2.17. The number of nitrogens with zero attached hydrogens (tertiary/aromatic N) is 2. The van der Waals surface area contributed by atoms with Crippen molar-refractivity contribution in [2.24, 2.45) is 0 Å². The molecule has 0 radical (unpaired) electrons. The van der Waals surface area contributed by atoms with E-state index >= 15 is 0 Å². The number of anilines is 1. The molecule has 15 heteroatoms. The first-order valence-corrected chi connectivity index (χ1v) is 15.4. The third kappa shape index (κ3) is 7.11. The molecule has 0 aliphatic rings. The van der Waals surface area contributed by atoms with Crippen molar-refractivity contribution < 1.29 is 32.3 Å². The van der Waals surface area contributed by atoms with E-state index in [1.165, 1.54) is 42.7 Å². The van der Waals surface area contributed by atoms with Gasteiger partial charge in [-0.25, -0.2) is 22.9 Å². The molecule has 226 valence electrons. The number of fused-ring (bicyclic) bond motifs is 3. The number of esters is 2. The molecule has 4 rings (SSSR count). The molecule has 1 atom stereocenters. The van der Waals surface area contributed by atoms with Gasteiger partial charge < -0.3 is 20.6 Å². The lowest BCUT2D eigenvalue weighted by Crippen LogP contribution is -2.42. The van der Waals surface area contributed by atoms with Gasteiger partial charge in [-0.3, -0.25) is 19.1 Å². The van der Waals surface area contributed by atoms with Crippen molar-refractivity contribution in [2.75, 3.05) is 23.8 Å². The third-order valence-electron chi connectivity index (χ3n) is 6.33. The van der Waals surface area contributed by atoms with Gasteiger partial charge in [-0.15, -0.1) is 0 Å². The monoisotopic (exact) mass is 673 g/mol. The van der Waals surface area contributed by atoms with E-state index in [1.54, 1.807) is 26.0 Å². The van der Waals surface area contributed by atoms with E-state index < -0.39 is 39.5 Å². The molecular formula is C28H28BrN5O8S. The second kappa shape index (κ2) is 13.2. The van der Waals surface area contributed by atoms with E-state index in [0.29, 0.717) is 16.3 Å². The second-order valence-corrected chi connectivity index (χ2v) is 11.7. The van der Waals surface area contributed by atoms with Crippen LogP contribution in [0.3, 0.4) is 0 Å². The highest BCUT2D eigenvalue weighted by atomic mass is 79.9. The Morgan fingerprint density at radius 1 is 1.05 bits per heavy atom. The number of carbonyl (C=O) groups is 3. The van der Waals surface area contributed by atoms with Crippen molar-refractivity contribution in [3.8, 4) is 0 Å². The van der Waals surface area contributed by atoms with Gasteiger partial charge in [0.2, 0.25) is 0 Å². The first kappa shape index (κ1) is 31.4. The average molecular weight is 675 g/mol. The number of hydrogen-bond donors (Lipinski definition) is 3. The second-order valence-electron chi connectivity index (χ2n) is 9.23. The molecule has 0 unspecified atom stereocenters. The van der Waals surface area contributed by atoms with Crippen LogP contribution in [0.25, 0.3) is 21.7 Å². The van der Waals surface area contributed by atoms with Crippen LogP contribution in [-0.2, 0) is 29.1 Å². The maximum absolute atomic E-state index is 13.3. The topological polar surface area (TPSA) is 189 Å². The van der Waals surface area contributed by atoms with E-state index in [2.05, 4.69) is 31.0 Å². The van der Waals surface area contributed by atoms with Gasteiger partial charge in [0, 0.05) is 22.1 Å². The first-order chi connectivity index (χ1) is 20.4. The minimum absolute atomic E-state index is 0.0173. The van der Waals surface area contributed by atoms with E-state index in [0.717, 1.165) is 4.68 Å². The Hall–Kier alpha value is -4.50.